The van der Waals surface area contributed by atoms with Crippen LogP contribution in [0.25, 0.3) is 11.3 Å². The number of ether oxygens (including phenoxy) is 1. The van der Waals surface area contributed by atoms with E-state index < -0.39 is 0 Å². The van der Waals surface area contributed by atoms with Crippen LogP contribution in [0.15, 0.2) is 18.2 Å². The molecular weight excluding hydrogens is 202 g/mol. The van der Waals surface area contributed by atoms with Crippen LogP contribution in [-0.4, -0.2) is 17.3 Å². The third kappa shape index (κ3) is 1.13. The van der Waals surface area contributed by atoms with Gasteiger partial charge in [-0.25, -0.2) is 0 Å². The molecule has 2 aromatic rings. The lowest BCUT2D eigenvalue weighted by Gasteiger charge is -2.20. The summed E-state index contributed by atoms with van der Waals surface area (Å²) < 4.78 is 5.33. The molecule has 1 aromatic heterocycles. The maximum absolute atomic E-state index is 5.33. The fraction of sp³-hybridized carbons (Fsp3) is 0.250. The van der Waals surface area contributed by atoms with Gasteiger partial charge in [-0.05, 0) is 13.0 Å². The average molecular weight is 215 g/mol. The molecule has 0 radical (unpaired) electrons. The van der Waals surface area contributed by atoms with Gasteiger partial charge in [0.05, 0.1) is 18.5 Å². The summed E-state index contributed by atoms with van der Waals surface area (Å²) in [7, 11) is 1.68. The van der Waals surface area contributed by atoms with E-state index in [4.69, 9.17) is 4.74 Å². The third-order valence-corrected chi connectivity index (χ3v) is 3.02. The molecule has 1 aliphatic rings. The van der Waals surface area contributed by atoms with Gasteiger partial charge in [0, 0.05) is 23.4 Å². The fourth-order valence-electron chi connectivity index (χ4n) is 2.15. The SMILES string of the molecule is COc1cccc2c1NCc1c-2n[nH]c1C. The van der Waals surface area contributed by atoms with E-state index in [9.17, 15) is 0 Å². The summed E-state index contributed by atoms with van der Waals surface area (Å²) >= 11 is 0. The number of H-pyrrole nitrogens is 1. The standard InChI is InChI=1S/C12H13N3O/c1-7-9-6-13-12-8(11(9)15-14-7)4-3-5-10(12)16-2/h3-5,13H,6H2,1-2H3,(H,14,15). The molecule has 0 amide bonds. The van der Waals surface area contributed by atoms with Crippen molar-refractivity contribution in [1.29, 1.82) is 0 Å². The number of aromatic amines is 1. The molecule has 4 nitrogen and oxygen atoms in total. The lowest BCUT2D eigenvalue weighted by atomic mass is 10.00. The van der Waals surface area contributed by atoms with Crippen LogP contribution >= 0.6 is 0 Å². The number of fused-ring (bicyclic) bond motifs is 3. The Hall–Kier alpha value is -1.97. The van der Waals surface area contributed by atoms with E-state index in [-0.39, 0.29) is 0 Å². The molecule has 0 aliphatic carbocycles. The smallest absolute Gasteiger partial charge is 0.142 e. The number of aryl methyl sites for hydroxylation is 1. The molecule has 2 heterocycles. The van der Waals surface area contributed by atoms with E-state index in [0.29, 0.717) is 0 Å². The molecule has 1 aromatic carbocycles. The van der Waals surface area contributed by atoms with Crippen molar-refractivity contribution in [3.63, 3.8) is 0 Å². The van der Waals surface area contributed by atoms with Gasteiger partial charge in [-0.3, -0.25) is 5.10 Å². The van der Waals surface area contributed by atoms with Crippen LogP contribution in [0, 0.1) is 6.92 Å². The van der Waals surface area contributed by atoms with Crippen molar-refractivity contribution in [3.8, 4) is 17.0 Å². The molecule has 0 saturated heterocycles. The summed E-state index contributed by atoms with van der Waals surface area (Å²) in [6.45, 7) is 2.84. The molecule has 0 atom stereocenters. The van der Waals surface area contributed by atoms with Crippen LogP contribution in [0.2, 0.25) is 0 Å². The maximum atomic E-state index is 5.33. The van der Waals surface area contributed by atoms with E-state index in [1.807, 2.05) is 19.1 Å². The highest BCUT2D eigenvalue weighted by molar-refractivity contribution is 5.84. The van der Waals surface area contributed by atoms with Crippen LogP contribution in [0.5, 0.6) is 5.75 Å². The normalized spacial score (nSPS) is 12.6. The van der Waals surface area contributed by atoms with E-state index in [2.05, 4.69) is 21.6 Å². The fourth-order valence-corrected chi connectivity index (χ4v) is 2.15. The van der Waals surface area contributed by atoms with E-state index in [1.54, 1.807) is 7.11 Å². The summed E-state index contributed by atoms with van der Waals surface area (Å²) in [6, 6.07) is 6.00. The minimum atomic E-state index is 0.797. The van der Waals surface area contributed by atoms with E-state index in [0.717, 1.165) is 34.9 Å². The number of aromatic nitrogens is 2. The van der Waals surface area contributed by atoms with Crippen LogP contribution in [0.3, 0.4) is 0 Å². The van der Waals surface area contributed by atoms with Crippen molar-refractivity contribution in [3.05, 3.63) is 29.5 Å². The summed E-state index contributed by atoms with van der Waals surface area (Å²) in [4.78, 5) is 0. The highest BCUT2D eigenvalue weighted by atomic mass is 16.5. The first-order chi connectivity index (χ1) is 7.81. The molecule has 2 N–H and O–H groups in total. The second-order valence-corrected chi connectivity index (χ2v) is 3.91. The zero-order valence-corrected chi connectivity index (χ0v) is 9.29. The molecular formula is C12H13N3O. The molecule has 82 valence electrons. The Kier molecular flexibility index (Phi) is 1.89. The van der Waals surface area contributed by atoms with Crippen molar-refractivity contribution in [1.82, 2.24) is 10.2 Å². The molecule has 0 saturated carbocycles. The number of benzene rings is 1. The molecule has 1 aliphatic heterocycles. The van der Waals surface area contributed by atoms with Gasteiger partial charge in [0.15, 0.2) is 0 Å². The van der Waals surface area contributed by atoms with E-state index in [1.165, 1.54) is 5.56 Å². The van der Waals surface area contributed by atoms with Gasteiger partial charge < -0.3 is 10.1 Å². The molecule has 4 heteroatoms. The van der Waals surface area contributed by atoms with Crippen molar-refractivity contribution >= 4 is 5.69 Å². The van der Waals surface area contributed by atoms with Crippen molar-refractivity contribution in [2.75, 3.05) is 12.4 Å². The minimum absolute atomic E-state index is 0.797. The van der Waals surface area contributed by atoms with Crippen molar-refractivity contribution < 1.29 is 4.74 Å². The summed E-state index contributed by atoms with van der Waals surface area (Å²) in [6.07, 6.45) is 0. The van der Waals surface area contributed by atoms with Crippen LogP contribution in [0.4, 0.5) is 5.69 Å². The number of anilines is 1. The van der Waals surface area contributed by atoms with Gasteiger partial charge >= 0.3 is 0 Å². The Morgan fingerprint density at radius 2 is 2.25 bits per heavy atom. The third-order valence-electron chi connectivity index (χ3n) is 3.02. The molecule has 0 unspecified atom stereocenters. The quantitative estimate of drug-likeness (QED) is 0.767. The van der Waals surface area contributed by atoms with E-state index >= 15 is 0 Å². The lowest BCUT2D eigenvalue weighted by molar-refractivity contribution is 0.416. The predicted octanol–water partition coefficient (Wildman–Crippen LogP) is 2.32. The number of hydrogen-bond donors (Lipinski definition) is 2. The largest absolute Gasteiger partial charge is 0.495 e. The van der Waals surface area contributed by atoms with Gasteiger partial charge in [-0.1, -0.05) is 12.1 Å². The Balaban J connectivity index is 2.25. The highest BCUT2D eigenvalue weighted by Gasteiger charge is 2.22. The number of nitrogens with one attached hydrogen (secondary N) is 2. The lowest BCUT2D eigenvalue weighted by Crippen LogP contribution is -2.09. The molecule has 0 fully saturated rings. The van der Waals surface area contributed by atoms with Crippen LogP contribution in [0.1, 0.15) is 11.3 Å². The van der Waals surface area contributed by atoms with Gasteiger partial charge in [0.2, 0.25) is 0 Å². The van der Waals surface area contributed by atoms with Crippen LogP contribution < -0.4 is 10.1 Å². The molecule has 3 rings (SSSR count). The number of rotatable bonds is 1. The Morgan fingerprint density at radius 1 is 1.38 bits per heavy atom. The molecule has 0 bridgehead atoms. The first kappa shape index (κ1) is 9.27. The minimum Gasteiger partial charge on any atom is -0.495 e. The van der Waals surface area contributed by atoms with Gasteiger partial charge in [-0.2, -0.15) is 5.10 Å². The second kappa shape index (κ2) is 3.27. The summed E-state index contributed by atoms with van der Waals surface area (Å²) in [5, 5.41) is 10.8. The summed E-state index contributed by atoms with van der Waals surface area (Å²) in [5.74, 6) is 0.865. The van der Waals surface area contributed by atoms with Gasteiger partial charge in [0.25, 0.3) is 0 Å². The molecule has 16 heavy (non-hydrogen) atoms. The Bertz CT molecular complexity index is 545. The number of hydrogen-bond acceptors (Lipinski definition) is 3. The zero-order chi connectivity index (χ0) is 11.1. The number of para-hydroxylation sites is 1. The zero-order valence-electron chi connectivity index (χ0n) is 9.29. The Morgan fingerprint density at radius 3 is 3.06 bits per heavy atom. The van der Waals surface area contributed by atoms with Gasteiger partial charge in [-0.15, -0.1) is 0 Å². The molecule has 0 spiro atoms. The Labute approximate surface area is 93.6 Å². The first-order valence-electron chi connectivity index (χ1n) is 5.26. The number of methoxy groups -OCH3 is 1. The van der Waals surface area contributed by atoms with Crippen molar-refractivity contribution in [2.24, 2.45) is 0 Å². The van der Waals surface area contributed by atoms with Gasteiger partial charge in [0.1, 0.15) is 5.75 Å². The highest BCUT2D eigenvalue weighted by Crippen LogP contribution is 2.40. The second-order valence-electron chi connectivity index (χ2n) is 3.91. The topological polar surface area (TPSA) is 49.9 Å². The number of nitrogens with zero attached hydrogens (tertiary/aromatic N) is 1. The maximum Gasteiger partial charge on any atom is 0.142 e. The first-order valence-corrected chi connectivity index (χ1v) is 5.26. The summed E-state index contributed by atoms with van der Waals surface area (Å²) in [5.41, 5.74) is 5.52. The monoisotopic (exact) mass is 215 g/mol. The average Bonchev–Trinajstić information content (AvgIpc) is 2.70. The van der Waals surface area contributed by atoms with Crippen molar-refractivity contribution in [2.45, 2.75) is 13.5 Å². The van der Waals surface area contributed by atoms with Crippen LogP contribution in [-0.2, 0) is 6.54 Å². The predicted molar refractivity (Wildman–Crippen MR) is 62.6 cm³/mol.